The van der Waals surface area contributed by atoms with Gasteiger partial charge in [0.2, 0.25) is 0 Å². The summed E-state index contributed by atoms with van der Waals surface area (Å²) in [5.41, 5.74) is 4.51. The van der Waals surface area contributed by atoms with E-state index < -0.39 is 0 Å². The molecule has 0 fully saturated rings. The second-order valence-electron chi connectivity index (χ2n) is 4.65. The van der Waals surface area contributed by atoms with E-state index >= 15 is 0 Å². The fourth-order valence-electron chi connectivity index (χ4n) is 3.05. The number of aliphatic hydroxyl groups is 2. The molecule has 1 aromatic rings. The second-order valence-corrected chi connectivity index (χ2v) is 4.65. The molecule has 1 aromatic heterocycles. The van der Waals surface area contributed by atoms with Gasteiger partial charge in [-0.25, -0.2) is 0 Å². The summed E-state index contributed by atoms with van der Waals surface area (Å²) < 4.78 is 1.85. The Kier molecular flexibility index (Phi) is 2.73. The van der Waals surface area contributed by atoms with Crippen LogP contribution in [-0.4, -0.2) is 14.8 Å². The molecule has 2 N–H and O–H groups in total. The quantitative estimate of drug-likeness (QED) is 0.803. The van der Waals surface area contributed by atoms with Gasteiger partial charge in [0.25, 0.3) is 0 Å². The Hall–Kier alpha value is -1.58. The van der Waals surface area contributed by atoms with Crippen molar-refractivity contribution in [3.8, 4) is 0 Å². The van der Waals surface area contributed by atoms with Crippen molar-refractivity contribution >= 4 is 11.6 Å². The molecule has 18 heavy (non-hydrogen) atoms. The van der Waals surface area contributed by atoms with Crippen LogP contribution in [0.4, 0.5) is 0 Å². The van der Waals surface area contributed by atoms with Crippen LogP contribution in [0.25, 0.3) is 11.6 Å². The van der Waals surface area contributed by atoms with Gasteiger partial charge in [0.15, 0.2) is 0 Å². The number of rotatable bonds is 3. The van der Waals surface area contributed by atoms with Gasteiger partial charge >= 0.3 is 0 Å². The lowest BCUT2D eigenvalue weighted by Gasteiger charge is -2.10. The number of hydrogen-bond donors (Lipinski definition) is 2. The highest BCUT2D eigenvalue weighted by Crippen LogP contribution is 2.24. The molecule has 0 radical (unpaired) electrons. The normalized spacial score (nSPS) is 16.4. The Morgan fingerprint density at radius 3 is 2.83 bits per heavy atom. The maximum atomic E-state index is 9.60. The van der Waals surface area contributed by atoms with Gasteiger partial charge in [0, 0.05) is 10.9 Å². The summed E-state index contributed by atoms with van der Waals surface area (Å²) in [4.78, 5) is 0. The number of aliphatic hydroxyl groups excluding tert-OH is 2. The third kappa shape index (κ3) is 1.38. The van der Waals surface area contributed by atoms with Gasteiger partial charge in [-0.15, -0.1) is 0 Å². The minimum atomic E-state index is -0.0768. The van der Waals surface area contributed by atoms with E-state index in [0.29, 0.717) is 0 Å². The van der Waals surface area contributed by atoms with Crippen LogP contribution >= 0.6 is 0 Å². The first kappa shape index (κ1) is 11.5. The minimum absolute atomic E-state index is 0.0211. The van der Waals surface area contributed by atoms with E-state index in [1.807, 2.05) is 4.57 Å². The van der Waals surface area contributed by atoms with Crippen LogP contribution in [0.1, 0.15) is 24.6 Å². The van der Waals surface area contributed by atoms with Crippen LogP contribution in [0.3, 0.4) is 0 Å². The van der Waals surface area contributed by atoms with Crippen molar-refractivity contribution in [1.82, 2.24) is 4.57 Å². The molecule has 0 saturated carbocycles. The lowest BCUT2D eigenvalue weighted by atomic mass is 10.0. The smallest absolute Gasteiger partial charge is 0.120 e. The molecule has 0 atom stereocenters. The van der Waals surface area contributed by atoms with Crippen LogP contribution in [0.2, 0.25) is 0 Å². The number of nitrogens with zero attached hydrogens (tertiary/aromatic N) is 1. The SMILES string of the molecule is CCc1c(CO)n(CO)c2c1=CC1=CC=CCC=21. The van der Waals surface area contributed by atoms with Gasteiger partial charge in [-0.2, -0.15) is 0 Å². The van der Waals surface area contributed by atoms with Crippen molar-refractivity contribution in [3.05, 3.63) is 45.6 Å². The van der Waals surface area contributed by atoms with Gasteiger partial charge in [0.05, 0.1) is 12.0 Å². The van der Waals surface area contributed by atoms with Crippen LogP contribution in [0.15, 0.2) is 23.8 Å². The monoisotopic (exact) mass is 243 g/mol. The zero-order valence-electron chi connectivity index (χ0n) is 10.5. The van der Waals surface area contributed by atoms with Crippen molar-refractivity contribution in [3.63, 3.8) is 0 Å². The third-order valence-electron chi connectivity index (χ3n) is 3.84. The van der Waals surface area contributed by atoms with Gasteiger partial charge in [-0.3, -0.25) is 0 Å². The van der Waals surface area contributed by atoms with E-state index in [2.05, 4.69) is 31.2 Å². The largest absolute Gasteiger partial charge is 0.390 e. The molecular weight excluding hydrogens is 226 g/mol. The predicted molar refractivity (Wildman–Crippen MR) is 70.9 cm³/mol. The van der Waals surface area contributed by atoms with Crippen molar-refractivity contribution < 1.29 is 10.2 Å². The fraction of sp³-hybridized carbons (Fsp3) is 0.333. The maximum absolute atomic E-state index is 9.60. The number of hydrogen-bond acceptors (Lipinski definition) is 2. The highest BCUT2D eigenvalue weighted by Gasteiger charge is 2.21. The fourth-order valence-corrected chi connectivity index (χ4v) is 3.05. The molecule has 2 aliphatic carbocycles. The Morgan fingerprint density at radius 2 is 2.17 bits per heavy atom. The molecule has 3 rings (SSSR count). The van der Waals surface area contributed by atoms with Gasteiger partial charge in [0.1, 0.15) is 6.73 Å². The molecule has 1 heterocycles. The molecular formula is C15H17NO2. The highest BCUT2D eigenvalue weighted by atomic mass is 16.3. The predicted octanol–water partition coefficient (Wildman–Crippen LogP) is 0.324. The second kappa shape index (κ2) is 4.26. The van der Waals surface area contributed by atoms with Crippen molar-refractivity contribution in [2.24, 2.45) is 0 Å². The minimum Gasteiger partial charge on any atom is -0.390 e. The molecule has 2 aliphatic rings. The first-order valence-electron chi connectivity index (χ1n) is 6.35. The van der Waals surface area contributed by atoms with Gasteiger partial charge in [-0.1, -0.05) is 25.2 Å². The molecule has 0 amide bonds. The topological polar surface area (TPSA) is 45.4 Å². The molecule has 94 valence electrons. The van der Waals surface area contributed by atoms with Crippen molar-refractivity contribution in [2.45, 2.75) is 33.1 Å². The number of allylic oxidation sites excluding steroid dienone is 4. The summed E-state index contributed by atoms with van der Waals surface area (Å²) >= 11 is 0. The summed E-state index contributed by atoms with van der Waals surface area (Å²) in [7, 11) is 0. The first-order valence-corrected chi connectivity index (χ1v) is 6.35. The maximum Gasteiger partial charge on any atom is 0.120 e. The average molecular weight is 243 g/mol. The third-order valence-corrected chi connectivity index (χ3v) is 3.84. The molecule has 0 bridgehead atoms. The summed E-state index contributed by atoms with van der Waals surface area (Å²) in [6.45, 7) is 1.99. The summed E-state index contributed by atoms with van der Waals surface area (Å²) in [6.07, 6.45) is 10.3. The molecule has 0 unspecified atom stereocenters. The standard InChI is InChI=1S/C15H17NO2/c1-2-11-13-7-10-5-3-4-6-12(10)15(13)16(9-18)14(11)8-17/h3-5,7,17-18H,2,6,8-9H2,1H3. The molecule has 0 saturated heterocycles. The Morgan fingerprint density at radius 1 is 1.33 bits per heavy atom. The first-order chi connectivity index (χ1) is 8.81. The Bertz CT molecular complexity index is 674. The van der Waals surface area contributed by atoms with Crippen molar-refractivity contribution in [2.75, 3.05) is 0 Å². The van der Waals surface area contributed by atoms with E-state index in [9.17, 15) is 10.2 Å². The van der Waals surface area contributed by atoms with Crippen LogP contribution in [0, 0.1) is 0 Å². The number of aromatic nitrogens is 1. The Labute approximate surface area is 106 Å². The van der Waals surface area contributed by atoms with Crippen LogP contribution < -0.4 is 10.6 Å². The van der Waals surface area contributed by atoms with E-state index in [1.165, 1.54) is 16.4 Å². The summed E-state index contributed by atoms with van der Waals surface area (Å²) in [5.74, 6) is 0. The highest BCUT2D eigenvalue weighted by molar-refractivity contribution is 5.84. The van der Waals surface area contributed by atoms with E-state index in [1.54, 1.807) is 0 Å². The summed E-state index contributed by atoms with van der Waals surface area (Å²) in [6, 6.07) is 0. The summed E-state index contributed by atoms with van der Waals surface area (Å²) in [5, 5.41) is 21.4. The molecule has 0 spiro atoms. The van der Waals surface area contributed by atoms with Gasteiger partial charge < -0.3 is 14.8 Å². The molecule has 3 nitrogen and oxygen atoms in total. The average Bonchev–Trinajstić information content (AvgIpc) is 2.91. The zero-order valence-corrected chi connectivity index (χ0v) is 10.5. The lowest BCUT2D eigenvalue weighted by molar-refractivity contribution is 0.189. The lowest BCUT2D eigenvalue weighted by Crippen LogP contribution is -2.30. The molecule has 0 aromatic carbocycles. The van der Waals surface area contributed by atoms with Gasteiger partial charge in [-0.05, 0) is 35.6 Å². The molecule has 0 aliphatic heterocycles. The van der Waals surface area contributed by atoms with Crippen LogP contribution in [0.5, 0.6) is 0 Å². The Balaban J connectivity index is 2.42. The van der Waals surface area contributed by atoms with E-state index in [-0.39, 0.29) is 13.3 Å². The van der Waals surface area contributed by atoms with E-state index in [4.69, 9.17) is 0 Å². The number of fused-ring (bicyclic) bond motifs is 2. The van der Waals surface area contributed by atoms with E-state index in [0.717, 1.165) is 29.4 Å². The van der Waals surface area contributed by atoms with Crippen LogP contribution in [-0.2, 0) is 19.8 Å². The van der Waals surface area contributed by atoms with Crippen molar-refractivity contribution in [1.29, 1.82) is 0 Å². The molecule has 3 heteroatoms. The zero-order chi connectivity index (χ0) is 12.7.